The summed E-state index contributed by atoms with van der Waals surface area (Å²) >= 11 is 6.00. The molecule has 0 aromatic heterocycles. The first-order valence-electron chi connectivity index (χ1n) is 8.52. The molecule has 28 heavy (non-hydrogen) atoms. The molecule has 5 nitrogen and oxygen atoms in total. The standard InChI is InChI=1S/C21H19ClN2O3S/c1-14-7-10-17(13-15(14)2)23-21(25)16-8-11-18(12-9-16)28(26,27)24-20-6-4-3-5-19(20)22/h3-13,24H,1-2H3,(H,23,25). The van der Waals surface area contributed by atoms with Crippen molar-refractivity contribution in [3.05, 3.63) is 88.4 Å². The van der Waals surface area contributed by atoms with Crippen molar-refractivity contribution in [1.82, 2.24) is 0 Å². The van der Waals surface area contributed by atoms with Gasteiger partial charge >= 0.3 is 0 Å². The Bertz CT molecular complexity index is 1130. The number of halogens is 1. The van der Waals surface area contributed by atoms with Crippen LogP contribution in [0.3, 0.4) is 0 Å². The van der Waals surface area contributed by atoms with Crippen LogP contribution in [0.15, 0.2) is 71.6 Å². The van der Waals surface area contributed by atoms with Crippen LogP contribution in [0.2, 0.25) is 5.02 Å². The summed E-state index contributed by atoms with van der Waals surface area (Å²) in [6.45, 7) is 3.97. The van der Waals surface area contributed by atoms with E-state index in [1.165, 1.54) is 24.3 Å². The molecule has 2 N–H and O–H groups in total. The third kappa shape index (κ3) is 4.52. The summed E-state index contributed by atoms with van der Waals surface area (Å²) in [4.78, 5) is 12.5. The number of hydrogen-bond acceptors (Lipinski definition) is 3. The Kier molecular flexibility index (Phi) is 5.72. The Hall–Kier alpha value is -2.83. The van der Waals surface area contributed by atoms with Gasteiger partial charge in [0.15, 0.2) is 0 Å². The van der Waals surface area contributed by atoms with Crippen LogP contribution in [0.4, 0.5) is 11.4 Å². The van der Waals surface area contributed by atoms with Crippen LogP contribution in [0.1, 0.15) is 21.5 Å². The number of carbonyl (C=O) groups excluding carboxylic acids is 1. The number of aryl methyl sites for hydroxylation is 2. The molecular formula is C21H19ClN2O3S. The van der Waals surface area contributed by atoms with Crippen molar-refractivity contribution in [3.63, 3.8) is 0 Å². The van der Waals surface area contributed by atoms with Gasteiger partial charge in [0.1, 0.15) is 0 Å². The van der Waals surface area contributed by atoms with Crippen molar-refractivity contribution in [3.8, 4) is 0 Å². The maximum Gasteiger partial charge on any atom is 0.261 e. The molecule has 7 heteroatoms. The number of carbonyl (C=O) groups is 1. The van der Waals surface area contributed by atoms with E-state index in [0.717, 1.165) is 11.1 Å². The highest BCUT2D eigenvalue weighted by molar-refractivity contribution is 7.92. The van der Waals surface area contributed by atoms with Gasteiger partial charge in [0.2, 0.25) is 0 Å². The molecule has 0 aliphatic heterocycles. The van der Waals surface area contributed by atoms with E-state index in [0.29, 0.717) is 22.0 Å². The van der Waals surface area contributed by atoms with E-state index in [-0.39, 0.29) is 10.8 Å². The number of sulfonamides is 1. The Morgan fingerprint density at radius 3 is 2.21 bits per heavy atom. The second-order valence-electron chi connectivity index (χ2n) is 6.36. The van der Waals surface area contributed by atoms with Gasteiger partial charge in [-0.2, -0.15) is 0 Å². The summed E-state index contributed by atoms with van der Waals surface area (Å²) in [6, 6.07) is 17.9. The number of amides is 1. The molecule has 0 fully saturated rings. The minimum atomic E-state index is -3.81. The number of rotatable bonds is 5. The number of hydrogen-bond donors (Lipinski definition) is 2. The van der Waals surface area contributed by atoms with E-state index in [1.807, 2.05) is 32.0 Å². The third-order valence-electron chi connectivity index (χ3n) is 4.31. The lowest BCUT2D eigenvalue weighted by Gasteiger charge is -2.11. The van der Waals surface area contributed by atoms with Gasteiger partial charge in [-0.3, -0.25) is 9.52 Å². The van der Waals surface area contributed by atoms with E-state index in [1.54, 1.807) is 24.3 Å². The molecule has 0 aliphatic carbocycles. The number of anilines is 2. The number of para-hydroxylation sites is 1. The lowest BCUT2D eigenvalue weighted by molar-refractivity contribution is 0.102. The first kappa shape index (κ1) is 19.9. The van der Waals surface area contributed by atoms with Gasteiger partial charge < -0.3 is 5.32 Å². The summed E-state index contributed by atoms with van der Waals surface area (Å²) in [5.74, 6) is -0.314. The van der Waals surface area contributed by atoms with Gasteiger partial charge in [0.25, 0.3) is 15.9 Å². The average molecular weight is 415 g/mol. The molecule has 0 spiro atoms. The predicted molar refractivity (Wildman–Crippen MR) is 113 cm³/mol. The fourth-order valence-corrected chi connectivity index (χ4v) is 3.87. The molecule has 0 atom stereocenters. The van der Waals surface area contributed by atoms with Crippen LogP contribution in [0.25, 0.3) is 0 Å². The van der Waals surface area contributed by atoms with E-state index in [4.69, 9.17) is 11.6 Å². The molecule has 3 rings (SSSR count). The van der Waals surface area contributed by atoms with Crippen LogP contribution in [-0.4, -0.2) is 14.3 Å². The second-order valence-corrected chi connectivity index (χ2v) is 8.45. The fraction of sp³-hybridized carbons (Fsp3) is 0.0952. The highest BCUT2D eigenvalue weighted by Crippen LogP contribution is 2.24. The highest BCUT2D eigenvalue weighted by Gasteiger charge is 2.16. The van der Waals surface area contributed by atoms with Gasteiger partial charge in [0.05, 0.1) is 15.6 Å². The number of benzene rings is 3. The summed E-state index contributed by atoms with van der Waals surface area (Å²) < 4.78 is 27.5. The van der Waals surface area contributed by atoms with Gasteiger partial charge in [-0.1, -0.05) is 29.8 Å². The Labute approximate surface area is 169 Å². The predicted octanol–water partition coefficient (Wildman–Crippen LogP) is 5.01. The Balaban J connectivity index is 1.76. The zero-order chi connectivity index (χ0) is 20.3. The maximum absolute atomic E-state index is 12.5. The van der Waals surface area contributed by atoms with Crippen LogP contribution < -0.4 is 10.0 Å². The lowest BCUT2D eigenvalue weighted by atomic mass is 10.1. The molecule has 0 radical (unpaired) electrons. The molecular weight excluding hydrogens is 396 g/mol. The average Bonchev–Trinajstić information content (AvgIpc) is 2.66. The molecule has 3 aromatic rings. The third-order valence-corrected chi connectivity index (χ3v) is 6.02. The van der Waals surface area contributed by atoms with Crippen LogP contribution in [-0.2, 0) is 10.0 Å². The molecule has 0 bridgehead atoms. The quantitative estimate of drug-likeness (QED) is 0.616. The first-order chi connectivity index (χ1) is 13.3. The SMILES string of the molecule is Cc1ccc(NC(=O)c2ccc(S(=O)(=O)Nc3ccccc3Cl)cc2)cc1C. The van der Waals surface area contributed by atoms with Gasteiger partial charge in [-0.25, -0.2) is 8.42 Å². The molecule has 0 unspecified atom stereocenters. The zero-order valence-corrected chi connectivity index (χ0v) is 16.9. The minimum absolute atomic E-state index is 0.0372. The summed E-state index contributed by atoms with van der Waals surface area (Å²) in [5, 5.41) is 3.11. The molecule has 0 saturated carbocycles. The lowest BCUT2D eigenvalue weighted by Crippen LogP contribution is -2.15. The van der Waals surface area contributed by atoms with Crippen LogP contribution in [0, 0.1) is 13.8 Å². The topological polar surface area (TPSA) is 75.3 Å². The van der Waals surface area contributed by atoms with E-state index in [9.17, 15) is 13.2 Å². The van der Waals surface area contributed by atoms with Crippen LogP contribution in [0.5, 0.6) is 0 Å². The zero-order valence-electron chi connectivity index (χ0n) is 15.4. The molecule has 144 valence electrons. The van der Waals surface area contributed by atoms with Crippen LogP contribution >= 0.6 is 11.6 Å². The van der Waals surface area contributed by atoms with Gasteiger partial charge in [-0.15, -0.1) is 0 Å². The van der Waals surface area contributed by atoms with E-state index >= 15 is 0 Å². The molecule has 0 aliphatic rings. The summed E-state index contributed by atoms with van der Waals surface area (Å²) in [7, 11) is -3.81. The summed E-state index contributed by atoms with van der Waals surface area (Å²) in [6.07, 6.45) is 0. The molecule has 0 saturated heterocycles. The largest absolute Gasteiger partial charge is 0.322 e. The maximum atomic E-state index is 12.5. The van der Waals surface area contributed by atoms with Crippen molar-refractivity contribution in [2.75, 3.05) is 10.0 Å². The smallest absolute Gasteiger partial charge is 0.261 e. The Morgan fingerprint density at radius 1 is 0.893 bits per heavy atom. The molecule has 3 aromatic carbocycles. The van der Waals surface area contributed by atoms with Crippen molar-refractivity contribution in [2.24, 2.45) is 0 Å². The fourth-order valence-electron chi connectivity index (χ4n) is 2.56. The Morgan fingerprint density at radius 2 is 1.57 bits per heavy atom. The van der Waals surface area contributed by atoms with Gasteiger partial charge in [-0.05, 0) is 73.5 Å². The summed E-state index contributed by atoms with van der Waals surface area (Å²) in [5.41, 5.74) is 3.55. The van der Waals surface area contributed by atoms with Gasteiger partial charge in [0, 0.05) is 11.3 Å². The monoisotopic (exact) mass is 414 g/mol. The minimum Gasteiger partial charge on any atom is -0.322 e. The normalized spacial score (nSPS) is 11.1. The van der Waals surface area contributed by atoms with Crippen molar-refractivity contribution in [2.45, 2.75) is 18.7 Å². The number of nitrogens with one attached hydrogen (secondary N) is 2. The second kappa shape index (κ2) is 8.04. The van der Waals surface area contributed by atoms with Crippen molar-refractivity contribution in [1.29, 1.82) is 0 Å². The first-order valence-corrected chi connectivity index (χ1v) is 10.4. The van der Waals surface area contributed by atoms with E-state index < -0.39 is 10.0 Å². The van der Waals surface area contributed by atoms with E-state index in [2.05, 4.69) is 10.0 Å². The van der Waals surface area contributed by atoms with Crippen molar-refractivity contribution >= 4 is 38.9 Å². The molecule has 1 amide bonds. The van der Waals surface area contributed by atoms with Crippen molar-refractivity contribution < 1.29 is 13.2 Å². The highest BCUT2D eigenvalue weighted by atomic mass is 35.5. The molecule has 0 heterocycles.